The summed E-state index contributed by atoms with van der Waals surface area (Å²) < 4.78 is -0.237. The number of imide groups is 1. The molecule has 0 unspecified atom stereocenters. The van der Waals surface area contributed by atoms with Crippen molar-refractivity contribution in [3.8, 4) is 0 Å². The number of nitrogens with zero attached hydrogens (tertiary/aromatic N) is 2. The zero-order valence-corrected chi connectivity index (χ0v) is 16.2. The van der Waals surface area contributed by atoms with E-state index in [4.69, 9.17) is 0 Å². The van der Waals surface area contributed by atoms with Gasteiger partial charge in [0.05, 0.1) is 17.2 Å². The van der Waals surface area contributed by atoms with Gasteiger partial charge in [0, 0.05) is 12.5 Å². The van der Waals surface area contributed by atoms with Gasteiger partial charge < -0.3 is 4.90 Å². The van der Waals surface area contributed by atoms with Crippen molar-refractivity contribution in [1.29, 1.82) is 0 Å². The van der Waals surface area contributed by atoms with Crippen LogP contribution in [0.25, 0.3) is 0 Å². The van der Waals surface area contributed by atoms with Crippen molar-refractivity contribution in [3.63, 3.8) is 0 Å². The molecule has 0 aromatic heterocycles. The van der Waals surface area contributed by atoms with E-state index in [9.17, 15) is 14.4 Å². The third-order valence-electron chi connectivity index (χ3n) is 5.29. The minimum atomic E-state index is -0.707. The predicted molar refractivity (Wildman–Crippen MR) is 95.2 cm³/mol. The van der Waals surface area contributed by atoms with E-state index in [1.165, 1.54) is 4.90 Å². The molecule has 0 bridgehead atoms. The summed E-state index contributed by atoms with van der Waals surface area (Å²) >= 11 is 7.30. The van der Waals surface area contributed by atoms with Crippen LogP contribution < -0.4 is 0 Å². The van der Waals surface area contributed by atoms with Gasteiger partial charge in [-0.05, 0) is 31.9 Å². The third-order valence-corrected chi connectivity index (χ3v) is 7.41. The highest BCUT2D eigenvalue weighted by molar-refractivity contribution is 9.25. The number of halogens is 2. The summed E-state index contributed by atoms with van der Waals surface area (Å²) in [5.74, 6) is -0.559. The van der Waals surface area contributed by atoms with Crippen LogP contribution in [0, 0.1) is 5.92 Å². The van der Waals surface area contributed by atoms with Crippen molar-refractivity contribution in [2.45, 2.75) is 35.1 Å². The molecule has 7 heteroatoms. The van der Waals surface area contributed by atoms with Crippen LogP contribution in [-0.4, -0.2) is 49.4 Å². The van der Waals surface area contributed by atoms with Gasteiger partial charge in [-0.2, -0.15) is 0 Å². The highest BCUT2D eigenvalue weighted by Crippen LogP contribution is 2.62. The molecule has 3 atom stereocenters. The number of rotatable bonds is 2. The Labute approximate surface area is 156 Å². The Hall–Kier alpha value is -1.21. The summed E-state index contributed by atoms with van der Waals surface area (Å²) in [6.45, 7) is 2.48. The molecule has 1 aromatic rings. The molecular formula is C17H16Br2N2O3. The fraction of sp³-hybridized carbons (Fsp3) is 0.471. The summed E-state index contributed by atoms with van der Waals surface area (Å²) in [5, 5.41) is 0. The van der Waals surface area contributed by atoms with Gasteiger partial charge in [0.2, 0.25) is 5.91 Å². The van der Waals surface area contributed by atoms with E-state index in [-0.39, 0.29) is 27.0 Å². The third kappa shape index (κ3) is 2.07. The van der Waals surface area contributed by atoms with E-state index in [2.05, 4.69) is 31.9 Å². The molecule has 1 aliphatic carbocycles. The SMILES string of the molecule is CCN1C(=O)[C@@H](N2C(=O)c3ccccc3C2=O)CC[C@H]2[C@@H]1C2(Br)Br. The molecule has 0 spiro atoms. The van der Waals surface area contributed by atoms with Crippen LogP contribution in [0.5, 0.6) is 0 Å². The quantitative estimate of drug-likeness (QED) is 0.509. The van der Waals surface area contributed by atoms with Gasteiger partial charge in [-0.1, -0.05) is 44.0 Å². The van der Waals surface area contributed by atoms with Crippen molar-refractivity contribution >= 4 is 49.6 Å². The lowest BCUT2D eigenvalue weighted by molar-refractivity contribution is -0.135. The number of carbonyl (C=O) groups is 3. The van der Waals surface area contributed by atoms with Crippen LogP contribution >= 0.6 is 31.9 Å². The number of benzene rings is 1. The van der Waals surface area contributed by atoms with Gasteiger partial charge in [-0.15, -0.1) is 0 Å². The standard InChI is InChI=1S/C17H16Br2N2O3/c1-2-20-13-11(17(13,18)19)7-8-12(16(20)24)21-14(22)9-5-3-4-6-10(9)15(21)23/h3-6,11-13H,2,7-8H2,1H3/t11-,12-,13+/m0/s1. The summed E-state index contributed by atoms with van der Waals surface area (Å²) in [6.07, 6.45) is 1.28. The topological polar surface area (TPSA) is 57.7 Å². The van der Waals surface area contributed by atoms with Gasteiger partial charge in [0.1, 0.15) is 9.28 Å². The molecule has 1 saturated carbocycles. The van der Waals surface area contributed by atoms with Crippen molar-refractivity contribution in [1.82, 2.24) is 9.80 Å². The molecule has 1 saturated heterocycles. The zero-order chi connectivity index (χ0) is 17.2. The van der Waals surface area contributed by atoms with Crippen LogP contribution in [-0.2, 0) is 4.79 Å². The first-order valence-electron chi connectivity index (χ1n) is 8.04. The number of hydrogen-bond donors (Lipinski definition) is 0. The fourth-order valence-electron chi connectivity index (χ4n) is 4.02. The van der Waals surface area contributed by atoms with Crippen LogP contribution in [0.2, 0.25) is 0 Å². The highest BCUT2D eigenvalue weighted by Gasteiger charge is 2.67. The lowest BCUT2D eigenvalue weighted by Gasteiger charge is -2.30. The number of likely N-dealkylation sites (tertiary alicyclic amines) is 1. The van der Waals surface area contributed by atoms with Gasteiger partial charge in [-0.3, -0.25) is 19.3 Å². The number of alkyl halides is 2. The number of likely N-dealkylation sites (N-methyl/N-ethyl adjacent to an activating group) is 1. The predicted octanol–water partition coefficient (Wildman–Crippen LogP) is 2.78. The van der Waals surface area contributed by atoms with Gasteiger partial charge >= 0.3 is 0 Å². The average Bonchev–Trinajstić information content (AvgIpc) is 3.06. The van der Waals surface area contributed by atoms with E-state index in [1.54, 1.807) is 29.2 Å². The van der Waals surface area contributed by atoms with Gasteiger partial charge in [-0.25, -0.2) is 0 Å². The normalized spacial score (nSPS) is 31.0. The number of fused-ring (bicyclic) bond motifs is 2. The van der Waals surface area contributed by atoms with Crippen molar-refractivity contribution in [3.05, 3.63) is 35.4 Å². The molecule has 24 heavy (non-hydrogen) atoms. The average molecular weight is 456 g/mol. The van der Waals surface area contributed by atoms with Gasteiger partial charge in [0.15, 0.2) is 0 Å². The maximum absolute atomic E-state index is 13.1. The number of hydrogen-bond acceptors (Lipinski definition) is 3. The first-order valence-corrected chi connectivity index (χ1v) is 9.63. The lowest BCUT2D eigenvalue weighted by atomic mass is 10.1. The van der Waals surface area contributed by atoms with E-state index < -0.39 is 6.04 Å². The van der Waals surface area contributed by atoms with E-state index >= 15 is 0 Å². The van der Waals surface area contributed by atoms with Crippen molar-refractivity contribution in [2.75, 3.05) is 6.54 Å². The Balaban J connectivity index is 1.68. The molecule has 3 amide bonds. The first-order chi connectivity index (χ1) is 11.4. The van der Waals surface area contributed by atoms with Crippen LogP contribution in [0.1, 0.15) is 40.5 Å². The van der Waals surface area contributed by atoms with Gasteiger partial charge in [0.25, 0.3) is 11.8 Å². The molecule has 0 radical (unpaired) electrons. The maximum atomic E-state index is 13.1. The Bertz CT molecular complexity index is 729. The fourth-order valence-corrected chi connectivity index (χ4v) is 5.85. The number of amides is 3. The first kappa shape index (κ1) is 16.3. The second-order valence-electron chi connectivity index (χ2n) is 6.47. The Kier molecular flexibility index (Phi) is 3.66. The summed E-state index contributed by atoms with van der Waals surface area (Å²) in [4.78, 5) is 41.4. The second kappa shape index (κ2) is 5.39. The smallest absolute Gasteiger partial charge is 0.262 e. The minimum Gasteiger partial charge on any atom is -0.336 e. The number of carbonyl (C=O) groups excluding carboxylic acids is 3. The Morgan fingerprint density at radius 3 is 2.21 bits per heavy atom. The summed E-state index contributed by atoms with van der Waals surface area (Å²) in [5.41, 5.74) is 0.783. The lowest BCUT2D eigenvalue weighted by Crippen LogP contribution is -2.51. The molecule has 2 fully saturated rings. The van der Waals surface area contributed by atoms with E-state index in [0.29, 0.717) is 30.0 Å². The van der Waals surface area contributed by atoms with Crippen molar-refractivity contribution in [2.24, 2.45) is 5.92 Å². The largest absolute Gasteiger partial charge is 0.336 e. The molecule has 4 rings (SSSR count). The molecule has 1 aromatic carbocycles. The van der Waals surface area contributed by atoms with E-state index in [1.807, 2.05) is 6.92 Å². The van der Waals surface area contributed by atoms with Crippen molar-refractivity contribution < 1.29 is 14.4 Å². The molecule has 5 nitrogen and oxygen atoms in total. The van der Waals surface area contributed by atoms with E-state index in [0.717, 1.165) is 6.42 Å². The molecule has 3 aliphatic rings. The Morgan fingerprint density at radius 1 is 1.08 bits per heavy atom. The summed E-state index contributed by atoms with van der Waals surface area (Å²) in [7, 11) is 0. The maximum Gasteiger partial charge on any atom is 0.262 e. The molecule has 126 valence electrons. The minimum absolute atomic E-state index is 0.0650. The zero-order valence-electron chi connectivity index (χ0n) is 13.0. The molecule has 2 aliphatic heterocycles. The van der Waals surface area contributed by atoms with Crippen LogP contribution in [0.4, 0.5) is 0 Å². The van der Waals surface area contributed by atoms with Crippen LogP contribution in [0.15, 0.2) is 24.3 Å². The molecule has 0 N–H and O–H groups in total. The monoisotopic (exact) mass is 454 g/mol. The second-order valence-corrected chi connectivity index (χ2v) is 10.2. The molecular weight excluding hydrogens is 440 g/mol. The Morgan fingerprint density at radius 2 is 1.67 bits per heavy atom. The highest BCUT2D eigenvalue weighted by atomic mass is 79.9. The summed E-state index contributed by atoms with van der Waals surface area (Å²) in [6, 6.07) is 6.12. The molecule has 2 heterocycles. The van der Waals surface area contributed by atoms with Crippen LogP contribution in [0.3, 0.4) is 0 Å².